The van der Waals surface area contributed by atoms with Crippen LogP contribution < -0.4 is 10.6 Å². The summed E-state index contributed by atoms with van der Waals surface area (Å²) in [5, 5.41) is 16.7. The van der Waals surface area contributed by atoms with Crippen LogP contribution in [0.1, 0.15) is 58.3 Å². The minimum absolute atomic E-state index is 0.0217. The summed E-state index contributed by atoms with van der Waals surface area (Å²) in [7, 11) is 0. The highest BCUT2D eigenvalue weighted by molar-refractivity contribution is 6.31. The first-order chi connectivity index (χ1) is 18.8. The van der Waals surface area contributed by atoms with Gasteiger partial charge in [0.25, 0.3) is 0 Å². The third kappa shape index (κ3) is 3.74. The van der Waals surface area contributed by atoms with Crippen LogP contribution in [0.4, 0.5) is 10.1 Å². The van der Waals surface area contributed by atoms with Gasteiger partial charge in [-0.25, -0.2) is 9.18 Å². The van der Waals surface area contributed by atoms with Gasteiger partial charge in [0, 0.05) is 46.9 Å². The molecule has 1 saturated carbocycles. The molecular formula is C30H26Cl2FN3O3. The quantitative estimate of drug-likeness (QED) is 0.355. The Morgan fingerprint density at radius 2 is 1.87 bits per heavy atom. The fourth-order valence-corrected chi connectivity index (χ4v) is 7.51. The van der Waals surface area contributed by atoms with Crippen molar-refractivity contribution >= 4 is 40.8 Å². The zero-order valence-electron chi connectivity index (χ0n) is 20.8. The van der Waals surface area contributed by atoms with E-state index in [-0.39, 0.29) is 34.6 Å². The molecule has 39 heavy (non-hydrogen) atoms. The lowest BCUT2D eigenvalue weighted by Gasteiger charge is -2.41. The van der Waals surface area contributed by atoms with Gasteiger partial charge in [-0.05, 0) is 66.6 Å². The van der Waals surface area contributed by atoms with Gasteiger partial charge in [-0.1, -0.05) is 53.5 Å². The standard InChI is InChI=1S/C30H26Cl2FN3O3/c31-18-10-11-20-23(12-18)35-29(39)30(20)25(19-2-1-3-21(32)26(19)33)27-24(36(30)14-15-4-5-15)13-22(34-27)16-6-8-17(9-7-16)28(37)38/h1-3,6-12,15,22,24-25,27,34H,4-5,13-14H2,(H,35,39)(H,37,38)/t22-,24-,25-,27+,30+/m0/s1. The number of rotatable bonds is 5. The Morgan fingerprint density at radius 1 is 1.10 bits per heavy atom. The van der Waals surface area contributed by atoms with Crippen molar-refractivity contribution in [3.63, 3.8) is 0 Å². The molecule has 0 aromatic heterocycles. The molecule has 3 aliphatic heterocycles. The molecule has 3 aromatic carbocycles. The fraction of sp³-hybridized carbons (Fsp3) is 0.333. The van der Waals surface area contributed by atoms with Gasteiger partial charge in [-0.15, -0.1) is 0 Å². The number of halogens is 3. The summed E-state index contributed by atoms with van der Waals surface area (Å²) < 4.78 is 15.9. The van der Waals surface area contributed by atoms with Crippen LogP contribution in [0.2, 0.25) is 10.0 Å². The Balaban J connectivity index is 1.39. The number of hydrogen-bond donors (Lipinski definition) is 3. The molecular weight excluding hydrogens is 540 g/mol. The van der Waals surface area contributed by atoms with Crippen LogP contribution >= 0.6 is 23.2 Å². The molecule has 3 N–H and O–H groups in total. The number of amides is 1. The number of fused-ring (bicyclic) bond motifs is 3. The normalized spacial score (nSPS) is 29.5. The number of carbonyl (C=O) groups excluding carboxylic acids is 1. The van der Waals surface area contributed by atoms with Gasteiger partial charge in [-0.2, -0.15) is 0 Å². The lowest BCUT2D eigenvalue weighted by molar-refractivity contribution is -0.128. The van der Waals surface area contributed by atoms with E-state index in [2.05, 4.69) is 15.5 Å². The van der Waals surface area contributed by atoms with Crippen LogP contribution in [0.5, 0.6) is 0 Å². The minimum atomic E-state index is -1.13. The summed E-state index contributed by atoms with van der Waals surface area (Å²) in [4.78, 5) is 27.9. The fourth-order valence-electron chi connectivity index (χ4n) is 7.15. The largest absolute Gasteiger partial charge is 0.478 e. The van der Waals surface area contributed by atoms with E-state index in [1.54, 1.807) is 36.4 Å². The van der Waals surface area contributed by atoms with Gasteiger partial charge < -0.3 is 15.7 Å². The van der Waals surface area contributed by atoms with Gasteiger partial charge in [-0.3, -0.25) is 9.69 Å². The Kier molecular flexibility index (Phi) is 5.79. The smallest absolute Gasteiger partial charge is 0.335 e. The number of benzene rings is 3. The molecule has 3 fully saturated rings. The number of aromatic carboxylic acids is 1. The van der Waals surface area contributed by atoms with E-state index in [0.717, 1.165) is 30.5 Å². The number of nitrogens with one attached hydrogen (secondary N) is 2. The summed E-state index contributed by atoms with van der Waals surface area (Å²) >= 11 is 12.6. The number of anilines is 1. The van der Waals surface area contributed by atoms with Crippen LogP contribution in [-0.2, 0) is 10.3 Å². The van der Waals surface area contributed by atoms with E-state index in [1.807, 2.05) is 18.2 Å². The maximum atomic E-state index is 15.9. The highest BCUT2D eigenvalue weighted by atomic mass is 35.5. The van der Waals surface area contributed by atoms with E-state index in [1.165, 1.54) is 6.07 Å². The molecule has 9 heteroatoms. The topological polar surface area (TPSA) is 81.7 Å². The van der Waals surface area contributed by atoms with Crippen molar-refractivity contribution < 1.29 is 19.1 Å². The number of likely N-dealkylation sites (tertiary alicyclic amines) is 1. The van der Waals surface area contributed by atoms with Gasteiger partial charge in [0.1, 0.15) is 11.4 Å². The van der Waals surface area contributed by atoms with Crippen LogP contribution in [0.15, 0.2) is 60.7 Å². The molecule has 5 atom stereocenters. The second-order valence-electron chi connectivity index (χ2n) is 11.1. The Morgan fingerprint density at radius 3 is 2.59 bits per heavy atom. The molecule has 1 amide bonds. The van der Waals surface area contributed by atoms with Gasteiger partial charge in [0.15, 0.2) is 0 Å². The Labute approximate surface area is 235 Å². The first-order valence-corrected chi connectivity index (χ1v) is 14.0. The van der Waals surface area contributed by atoms with Crippen LogP contribution in [0.3, 0.4) is 0 Å². The van der Waals surface area contributed by atoms with E-state index in [0.29, 0.717) is 28.6 Å². The highest BCUT2D eigenvalue weighted by Gasteiger charge is 2.69. The maximum absolute atomic E-state index is 15.9. The lowest BCUT2D eigenvalue weighted by atomic mass is 9.73. The van der Waals surface area contributed by atoms with E-state index >= 15 is 4.39 Å². The van der Waals surface area contributed by atoms with Gasteiger partial charge >= 0.3 is 5.97 Å². The van der Waals surface area contributed by atoms with Crippen LogP contribution in [-0.4, -0.2) is 40.5 Å². The molecule has 1 spiro atoms. The van der Waals surface area contributed by atoms with E-state index in [9.17, 15) is 14.7 Å². The second kappa shape index (κ2) is 9.03. The van der Waals surface area contributed by atoms with Crippen molar-refractivity contribution in [2.75, 3.05) is 11.9 Å². The molecule has 3 heterocycles. The first kappa shape index (κ1) is 25.0. The lowest BCUT2D eigenvalue weighted by Crippen LogP contribution is -2.53. The molecule has 200 valence electrons. The second-order valence-corrected chi connectivity index (χ2v) is 11.9. The first-order valence-electron chi connectivity index (χ1n) is 13.2. The number of nitrogens with zero attached hydrogens (tertiary/aromatic N) is 1. The van der Waals surface area contributed by atoms with Crippen molar-refractivity contribution in [2.45, 2.75) is 48.8 Å². The number of carboxylic acid groups (broad SMARTS) is 1. The molecule has 4 aliphatic rings. The van der Waals surface area contributed by atoms with Crippen molar-refractivity contribution in [3.8, 4) is 0 Å². The number of hydrogen-bond acceptors (Lipinski definition) is 4. The molecule has 0 unspecified atom stereocenters. The molecule has 7 rings (SSSR count). The Hall–Kier alpha value is -2.97. The minimum Gasteiger partial charge on any atom is -0.478 e. The molecule has 0 bridgehead atoms. The predicted octanol–water partition coefficient (Wildman–Crippen LogP) is 5.96. The summed E-state index contributed by atoms with van der Waals surface area (Å²) in [6.07, 6.45) is 2.89. The van der Waals surface area contributed by atoms with Gasteiger partial charge in [0.2, 0.25) is 5.91 Å². The SMILES string of the molecule is O=C(O)c1ccc([C@@H]2C[C@H]3[C@@H](N2)[C@H](c2cccc(Cl)c2F)[C@]2(C(=O)Nc4cc(Cl)ccc42)N3CC2CC2)cc1. The van der Waals surface area contributed by atoms with E-state index < -0.39 is 23.2 Å². The van der Waals surface area contributed by atoms with Gasteiger partial charge in [0.05, 0.1) is 10.6 Å². The molecule has 3 aromatic rings. The monoisotopic (exact) mass is 565 g/mol. The number of carbonyl (C=O) groups is 2. The summed E-state index contributed by atoms with van der Waals surface area (Å²) in [6.45, 7) is 0.724. The summed E-state index contributed by atoms with van der Waals surface area (Å²) in [6, 6.07) is 16.9. The highest BCUT2D eigenvalue weighted by Crippen LogP contribution is 2.61. The average molecular weight is 566 g/mol. The molecule has 1 aliphatic carbocycles. The van der Waals surface area contributed by atoms with Crippen LogP contribution in [0, 0.1) is 11.7 Å². The predicted molar refractivity (Wildman–Crippen MR) is 147 cm³/mol. The third-order valence-electron chi connectivity index (χ3n) is 8.96. The number of carboxylic acids is 1. The zero-order valence-corrected chi connectivity index (χ0v) is 22.3. The van der Waals surface area contributed by atoms with Crippen molar-refractivity contribution in [2.24, 2.45) is 5.92 Å². The molecule has 0 radical (unpaired) electrons. The average Bonchev–Trinajstić information content (AvgIpc) is 3.48. The maximum Gasteiger partial charge on any atom is 0.335 e. The van der Waals surface area contributed by atoms with E-state index in [4.69, 9.17) is 23.2 Å². The molecule has 2 saturated heterocycles. The third-order valence-corrected chi connectivity index (χ3v) is 9.49. The van der Waals surface area contributed by atoms with Crippen molar-refractivity contribution in [1.82, 2.24) is 10.2 Å². The Bertz CT molecular complexity index is 1510. The molecule has 6 nitrogen and oxygen atoms in total. The summed E-state index contributed by atoms with van der Waals surface area (Å²) in [5.74, 6) is -1.75. The summed E-state index contributed by atoms with van der Waals surface area (Å²) in [5.41, 5.74) is 1.92. The van der Waals surface area contributed by atoms with Crippen molar-refractivity contribution in [1.29, 1.82) is 0 Å². The van der Waals surface area contributed by atoms with Crippen molar-refractivity contribution in [3.05, 3.63) is 98.8 Å². The van der Waals surface area contributed by atoms with Crippen LogP contribution in [0.25, 0.3) is 0 Å². The zero-order chi connectivity index (χ0) is 27.1.